The smallest absolute Gasteiger partial charge is 0.233 e. The standard InChI is InChI=1S/C14H23N3O/c1-4-5-6-7-8-9-12(15-2)13-10-11-14(18-3)17-16-13/h4,10-12,15H,1,5-9H2,2-3H3. The molecule has 0 fully saturated rings. The molecule has 0 aromatic carbocycles. The summed E-state index contributed by atoms with van der Waals surface area (Å²) < 4.78 is 5.00. The number of aromatic nitrogens is 2. The van der Waals surface area contributed by atoms with E-state index >= 15 is 0 Å². The van der Waals surface area contributed by atoms with E-state index < -0.39 is 0 Å². The topological polar surface area (TPSA) is 47.0 Å². The largest absolute Gasteiger partial charge is 0.480 e. The lowest BCUT2D eigenvalue weighted by Crippen LogP contribution is -2.18. The summed E-state index contributed by atoms with van der Waals surface area (Å²) in [4.78, 5) is 0. The van der Waals surface area contributed by atoms with Crippen LogP contribution in [-0.2, 0) is 0 Å². The first-order valence-electron chi connectivity index (χ1n) is 6.47. The summed E-state index contributed by atoms with van der Waals surface area (Å²) >= 11 is 0. The van der Waals surface area contributed by atoms with Crippen molar-refractivity contribution in [1.29, 1.82) is 0 Å². The van der Waals surface area contributed by atoms with Gasteiger partial charge in [0.2, 0.25) is 5.88 Å². The summed E-state index contributed by atoms with van der Waals surface area (Å²) in [7, 11) is 3.55. The van der Waals surface area contributed by atoms with Crippen molar-refractivity contribution in [3.05, 3.63) is 30.5 Å². The van der Waals surface area contributed by atoms with Crippen LogP contribution in [0.25, 0.3) is 0 Å². The molecule has 0 spiro atoms. The zero-order valence-electron chi connectivity index (χ0n) is 11.4. The van der Waals surface area contributed by atoms with E-state index in [0.29, 0.717) is 5.88 Å². The highest BCUT2D eigenvalue weighted by atomic mass is 16.5. The summed E-state index contributed by atoms with van der Waals surface area (Å²) in [5, 5.41) is 11.5. The molecule has 0 aliphatic heterocycles. The van der Waals surface area contributed by atoms with E-state index in [4.69, 9.17) is 4.74 Å². The molecular formula is C14H23N3O. The molecule has 1 unspecified atom stereocenters. The minimum Gasteiger partial charge on any atom is -0.480 e. The number of unbranched alkanes of at least 4 members (excludes halogenated alkanes) is 3. The lowest BCUT2D eigenvalue weighted by Gasteiger charge is -2.14. The number of rotatable bonds is 9. The van der Waals surface area contributed by atoms with E-state index in [-0.39, 0.29) is 6.04 Å². The molecule has 1 atom stereocenters. The van der Waals surface area contributed by atoms with Gasteiger partial charge in [-0.15, -0.1) is 11.7 Å². The quantitative estimate of drug-likeness (QED) is 0.540. The van der Waals surface area contributed by atoms with Crippen LogP contribution in [0.4, 0.5) is 0 Å². The highest BCUT2D eigenvalue weighted by Gasteiger charge is 2.10. The van der Waals surface area contributed by atoms with Gasteiger partial charge in [-0.3, -0.25) is 0 Å². The molecule has 4 heteroatoms. The van der Waals surface area contributed by atoms with Gasteiger partial charge in [-0.2, -0.15) is 5.10 Å². The van der Waals surface area contributed by atoms with Gasteiger partial charge in [0.1, 0.15) is 0 Å². The molecule has 1 N–H and O–H groups in total. The third kappa shape index (κ3) is 4.84. The molecule has 1 heterocycles. The molecule has 0 aliphatic carbocycles. The van der Waals surface area contributed by atoms with Crippen molar-refractivity contribution in [1.82, 2.24) is 15.5 Å². The third-order valence-electron chi connectivity index (χ3n) is 2.98. The van der Waals surface area contributed by atoms with Crippen LogP contribution in [0.15, 0.2) is 24.8 Å². The van der Waals surface area contributed by atoms with Crippen LogP contribution in [0.5, 0.6) is 5.88 Å². The summed E-state index contributed by atoms with van der Waals surface area (Å²) in [5.41, 5.74) is 0.974. The Morgan fingerprint density at radius 1 is 1.33 bits per heavy atom. The monoisotopic (exact) mass is 249 g/mol. The molecule has 0 saturated carbocycles. The Bertz CT molecular complexity index is 337. The van der Waals surface area contributed by atoms with Gasteiger partial charge in [-0.1, -0.05) is 18.9 Å². The average Bonchev–Trinajstić information content (AvgIpc) is 2.43. The normalized spacial score (nSPS) is 12.1. The Kier molecular flexibility index (Phi) is 7.03. The summed E-state index contributed by atoms with van der Waals surface area (Å²) in [5.74, 6) is 0.555. The molecule has 18 heavy (non-hydrogen) atoms. The van der Waals surface area contributed by atoms with Gasteiger partial charge >= 0.3 is 0 Å². The van der Waals surface area contributed by atoms with Gasteiger partial charge < -0.3 is 10.1 Å². The number of nitrogens with one attached hydrogen (secondary N) is 1. The van der Waals surface area contributed by atoms with Crippen molar-refractivity contribution in [2.24, 2.45) is 0 Å². The highest BCUT2D eigenvalue weighted by molar-refractivity contribution is 5.13. The SMILES string of the molecule is C=CCCCCCC(NC)c1ccc(OC)nn1. The second-order valence-corrected chi connectivity index (χ2v) is 4.27. The Morgan fingerprint density at radius 3 is 2.72 bits per heavy atom. The van der Waals surface area contributed by atoms with Crippen molar-refractivity contribution in [3.8, 4) is 5.88 Å². The fraction of sp³-hybridized carbons (Fsp3) is 0.571. The van der Waals surface area contributed by atoms with Gasteiger partial charge in [0.05, 0.1) is 18.8 Å². The molecule has 0 radical (unpaired) electrons. The highest BCUT2D eigenvalue weighted by Crippen LogP contribution is 2.18. The van der Waals surface area contributed by atoms with Crippen LogP contribution in [0.2, 0.25) is 0 Å². The molecule has 1 rings (SSSR count). The molecule has 1 aromatic heterocycles. The molecule has 0 amide bonds. The fourth-order valence-corrected chi connectivity index (χ4v) is 1.88. The minimum absolute atomic E-state index is 0.270. The van der Waals surface area contributed by atoms with E-state index in [1.54, 1.807) is 7.11 Å². The van der Waals surface area contributed by atoms with Crippen LogP contribution in [0.3, 0.4) is 0 Å². The number of hydrogen-bond donors (Lipinski definition) is 1. The molecule has 0 saturated heterocycles. The van der Waals surface area contributed by atoms with Crippen LogP contribution in [0, 0.1) is 0 Å². The molecular weight excluding hydrogens is 226 g/mol. The van der Waals surface area contributed by atoms with E-state index in [9.17, 15) is 0 Å². The Balaban J connectivity index is 2.41. The third-order valence-corrected chi connectivity index (χ3v) is 2.98. The summed E-state index contributed by atoms with van der Waals surface area (Å²) in [6, 6.07) is 4.09. The predicted octanol–water partition coefficient (Wildman–Crippen LogP) is 2.88. The number of allylic oxidation sites excluding steroid dienone is 1. The molecule has 100 valence electrons. The molecule has 1 aromatic rings. The first kappa shape index (κ1) is 14.6. The maximum atomic E-state index is 5.00. The zero-order chi connectivity index (χ0) is 13.2. The second-order valence-electron chi connectivity index (χ2n) is 4.27. The Labute approximate surface area is 109 Å². The summed E-state index contributed by atoms with van der Waals surface area (Å²) in [6.45, 7) is 3.73. The first-order valence-corrected chi connectivity index (χ1v) is 6.47. The van der Waals surface area contributed by atoms with Gasteiger partial charge in [-0.05, 0) is 32.4 Å². The Hall–Kier alpha value is -1.42. The van der Waals surface area contributed by atoms with Crippen molar-refractivity contribution < 1.29 is 4.74 Å². The number of ether oxygens (including phenoxy) is 1. The fourth-order valence-electron chi connectivity index (χ4n) is 1.88. The zero-order valence-corrected chi connectivity index (χ0v) is 11.4. The Morgan fingerprint density at radius 2 is 2.17 bits per heavy atom. The van der Waals surface area contributed by atoms with E-state index in [2.05, 4.69) is 22.1 Å². The van der Waals surface area contributed by atoms with E-state index in [1.807, 2.05) is 25.3 Å². The van der Waals surface area contributed by atoms with Crippen LogP contribution < -0.4 is 10.1 Å². The predicted molar refractivity (Wildman–Crippen MR) is 73.7 cm³/mol. The number of methoxy groups -OCH3 is 1. The lowest BCUT2D eigenvalue weighted by atomic mass is 10.0. The van der Waals surface area contributed by atoms with Crippen molar-refractivity contribution >= 4 is 0 Å². The van der Waals surface area contributed by atoms with Crippen molar-refractivity contribution in [3.63, 3.8) is 0 Å². The van der Waals surface area contributed by atoms with Gasteiger partial charge in [0.15, 0.2) is 0 Å². The maximum Gasteiger partial charge on any atom is 0.233 e. The van der Waals surface area contributed by atoms with Crippen molar-refractivity contribution in [2.45, 2.75) is 38.1 Å². The average molecular weight is 249 g/mol. The number of nitrogens with zero attached hydrogens (tertiary/aromatic N) is 2. The van der Waals surface area contributed by atoms with Crippen LogP contribution in [0.1, 0.15) is 43.8 Å². The van der Waals surface area contributed by atoms with E-state index in [0.717, 1.165) is 18.5 Å². The first-order chi connectivity index (χ1) is 8.81. The van der Waals surface area contributed by atoms with Crippen LogP contribution in [-0.4, -0.2) is 24.4 Å². The molecule has 4 nitrogen and oxygen atoms in total. The van der Waals surface area contributed by atoms with Crippen LogP contribution >= 0.6 is 0 Å². The number of hydrogen-bond acceptors (Lipinski definition) is 4. The van der Waals surface area contributed by atoms with Gasteiger partial charge in [0, 0.05) is 6.07 Å². The maximum absolute atomic E-state index is 5.00. The molecule has 0 aliphatic rings. The van der Waals surface area contributed by atoms with Crippen molar-refractivity contribution in [2.75, 3.05) is 14.2 Å². The van der Waals surface area contributed by atoms with Gasteiger partial charge in [-0.25, -0.2) is 0 Å². The van der Waals surface area contributed by atoms with Gasteiger partial charge in [0.25, 0.3) is 0 Å². The lowest BCUT2D eigenvalue weighted by molar-refractivity contribution is 0.388. The second kappa shape index (κ2) is 8.64. The summed E-state index contributed by atoms with van der Waals surface area (Å²) in [6.07, 6.45) is 7.79. The van der Waals surface area contributed by atoms with E-state index in [1.165, 1.54) is 19.3 Å². The molecule has 0 bridgehead atoms. The minimum atomic E-state index is 0.270.